The molecule has 1 unspecified atom stereocenters. The minimum Gasteiger partial charge on any atom is -0.333 e. The van der Waals surface area contributed by atoms with Crippen molar-refractivity contribution < 1.29 is 4.52 Å². The summed E-state index contributed by atoms with van der Waals surface area (Å²) < 4.78 is 5.49. The zero-order valence-corrected chi connectivity index (χ0v) is 13.7. The zero-order chi connectivity index (χ0) is 14.8. The first-order chi connectivity index (χ1) is 10.2. The fraction of sp³-hybridized carbons (Fsp3) is 0.600. The van der Waals surface area contributed by atoms with E-state index in [4.69, 9.17) is 4.52 Å². The predicted octanol–water partition coefficient (Wildman–Crippen LogP) is 2.64. The molecule has 0 spiro atoms. The normalized spacial score (nSPS) is 20.0. The second-order valence-corrected chi connectivity index (χ2v) is 6.86. The zero-order valence-electron chi connectivity index (χ0n) is 12.8. The first-order valence-corrected chi connectivity index (χ1v) is 8.35. The number of aromatic nitrogens is 2. The topological polar surface area (TPSA) is 54.2 Å². The molecule has 1 aliphatic heterocycles. The van der Waals surface area contributed by atoms with Crippen LogP contribution in [0.1, 0.15) is 35.7 Å². The van der Waals surface area contributed by atoms with Crippen LogP contribution in [-0.2, 0) is 6.42 Å². The van der Waals surface area contributed by atoms with Crippen LogP contribution in [0.5, 0.6) is 0 Å². The number of rotatable bonds is 4. The summed E-state index contributed by atoms with van der Waals surface area (Å²) in [7, 11) is 2.11. The molecule has 3 rings (SSSR count). The summed E-state index contributed by atoms with van der Waals surface area (Å²) >= 11 is 1.74. The quantitative estimate of drug-likeness (QED) is 0.941. The van der Waals surface area contributed by atoms with Crippen LogP contribution in [-0.4, -0.2) is 41.7 Å². The Morgan fingerprint density at radius 2 is 2.38 bits per heavy atom. The third-order valence-electron chi connectivity index (χ3n) is 4.00. The SMILES string of the molecule is CCCc1cc(-c2nc(C3CNCCN3C)no2)sc1C. The lowest BCUT2D eigenvalue weighted by molar-refractivity contribution is 0.190. The number of hydrogen-bond acceptors (Lipinski definition) is 6. The molecule has 6 heteroatoms. The second-order valence-electron chi connectivity index (χ2n) is 5.60. The number of nitrogens with one attached hydrogen (secondary N) is 1. The Bertz CT molecular complexity index is 607. The van der Waals surface area contributed by atoms with Gasteiger partial charge < -0.3 is 9.84 Å². The van der Waals surface area contributed by atoms with Crippen LogP contribution in [0.25, 0.3) is 10.8 Å². The van der Waals surface area contributed by atoms with Crippen LogP contribution in [0.15, 0.2) is 10.6 Å². The molecule has 1 aliphatic rings. The largest absolute Gasteiger partial charge is 0.333 e. The van der Waals surface area contributed by atoms with Gasteiger partial charge in [-0.2, -0.15) is 4.98 Å². The molecule has 1 saturated heterocycles. The third kappa shape index (κ3) is 3.02. The van der Waals surface area contributed by atoms with E-state index in [1.807, 2.05) is 0 Å². The molecule has 114 valence electrons. The van der Waals surface area contributed by atoms with Gasteiger partial charge >= 0.3 is 0 Å². The van der Waals surface area contributed by atoms with Crippen LogP contribution >= 0.6 is 11.3 Å². The summed E-state index contributed by atoms with van der Waals surface area (Å²) in [5.41, 5.74) is 1.40. The molecule has 3 heterocycles. The Hall–Kier alpha value is -1.24. The number of thiophene rings is 1. The average Bonchev–Trinajstić information content (AvgIpc) is 3.08. The van der Waals surface area contributed by atoms with Gasteiger partial charge in [0.25, 0.3) is 5.89 Å². The molecule has 0 amide bonds. The van der Waals surface area contributed by atoms with Gasteiger partial charge in [-0.1, -0.05) is 18.5 Å². The number of nitrogens with zero attached hydrogens (tertiary/aromatic N) is 3. The standard InChI is InChI=1S/C15H22N4OS/c1-4-5-11-8-13(21-10(11)2)15-17-14(18-20-15)12-9-16-6-7-19(12)3/h8,12,16H,4-7,9H2,1-3H3. The van der Waals surface area contributed by atoms with Gasteiger partial charge in [0.2, 0.25) is 0 Å². The fourth-order valence-electron chi connectivity index (χ4n) is 2.71. The molecule has 2 aromatic rings. The maximum atomic E-state index is 5.49. The van der Waals surface area contributed by atoms with E-state index in [9.17, 15) is 0 Å². The maximum Gasteiger partial charge on any atom is 0.268 e. The molecule has 0 bridgehead atoms. The van der Waals surface area contributed by atoms with Gasteiger partial charge in [0.15, 0.2) is 5.82 Å². The minimum atomic E-state index is 0.201. The van der Waals surface area contributed by atoms with Crippen LogP contribution in [0.2, 0.25) is 0 Å². The summed E-state index contributed by atoms with van der Waals surface area (Å²) in [6, 6.07) is 2.40. The van der Waals surface area contributed by atoms with E-state index in [2.05, 4.69) is 47.3 Å². The van der Waals surface area contributed by atoms with E-state index >= 15 is 0 Å². The second kappa shape index (κ2) is 6.25. The maximum absolute atomic E-state index is 5.49. The van der Waals surface area contributed by atoms with Gasteiger partial charge in [-0.3, -0.25) is 4.90 Å². The van der Waals surface area contributed by atoms with Gasteiger partial charge in [0.1, 0.15) is 0 Å². The lowest BCUT2D eigenvalue weighted by atomic mass is 10.1. The molecule has 1 fully saturated rings. The van der Waals surface area contributed by atoms with Crippen molar-refractivity contribution in [3.05, 3.63) is 22.3 Å². The summed E-state index contributed by atoms with van der Waals surface area (Å²) in [5, 5.41) is 7.57. The lowest BCUT2D eigenvalue weighted by Gasteiger charge is -2.30. The number of hydrogen-bond donors (Lipinski definition) is 1. The van der Waals surface area contributed by atoms with Gasteiger partial charge in [-0.05, 0) is 32.0 Å². The van der Waals surface area contributed by atoms with Crippen molar-refractivity contribution in [2.24, 2.45) is 0 Å². The van der Waals surface area contributed by atoms with Gasteiger partial charge in [-0.15, -0.1) is 11.3 Å². The smallest absolute Gasteiger partial charge is 0.268 e. The summed E-state index contributed by atoms with van der Waals surface area (Å²) in [6.07, 6.45) is 2.27. The first-order valence-electron chi connectivity index (χ1n) is 7.53. The Labute approximate surface area is 129 Å². The summed E-state index contributed by atoms with van der Waals surface area (Å²) in [4.78, 5) is 9.33. The number of likely N-dealkylation sites (N-methyl/N-ethyl adjacent to an activating group) is 1. The molecule has 1 N–H and O–H groups in total. The highest BCUT2D eigenvalue weighted by Gasteiger charge is 2.25. The van der Waals surface area contributed by atoms with E-state index in [-0.39, 0.29) is 6.04 Å². The predicted molar refractivity (Wildman–Crippen MR) is 84.6 cm³/mol. The Morgan fingerprint density at radius 3 is 3.14 bits per heavy atom. The summed E-state index contributed by atoms with van der Waals surface area (Å²) in [6.45, 7) is 7.26. The van der Waals surface area contributed by atoms with Crippen molar-refractivity contribution in [1.29, 1.82) is 0 Å². The average molecular weight is 306 g/mol. The Morgan fingerprint density at radius 1 is 1.52 bits per heavy atom. The van der Waals surface area contributed by atoms with Gasteiger partial charge in [0, 0.05) is 24.5 Å². The van der Waals surface area contributed by atoms with Gasteiger partial charge in [0.05, 0.1) is 10.9 Å². The van der Waals surface area contributed by atoms with E-state index in [0.717, 1.165) is 43.2 Å². The lowest BCUT2D eigenvalue weighted by Crippen LogP contribution is -2.44. The van der Waals surface area contributed by atoms with Crippen LogP contribution < -0.4 is 5.32 Å². The highest BCUT2D eigenvalue weighted by atomic mass is 32.1. The third-order valence-corrected chi connectivity index (χ3v) is 5.08. The van der Waals surface area contributed by atoms with Crippen LogP contribution in [0.3, 0.4) is 0 Å². The first kappa shape index (κ1) is 14.7. The molecular formula is C15H22N4OS. The monoisotopic (exact) mass is 306 g/mol. The van der Waals surface area contributed by atoms with Crippen molar-refractivity contribution in [2.45, 2.75) is 32.7 Å². The van der Waals surface area contributed by atoms with Crippen molar-refractivity contribution in [1.82, 2.24) is 20.4 Å². The molecular weight excluding hydrogens is 284 g/mol. The fourth-order valence-corrected chi connectivity index (χ4v) is 3.70. The van der Waals surface area contributed by atoms with Crippen molar-refractivity contribution >= 4 is 11.3 Å². The number of piperazine rings is 1. The van der Waals surface area contributed by atoms with Crippen LogP contribution in [0, 0.1) is 6.92 Å². The molecule has 1 atom stereocenters. The highest BCUT2D eigenvalue weighted by Crippen LogP contribution is 2.31. The summed E-state index contributed by atoms with van der Waals surface area (Å²) in [5.74, 6) is 1.43. The van der Waals surface area contributed by atoms with Crippen molar-refractivity contribution in [3.8, 4) is 10.8 Å². The highest BCUT2D eigenvalue weighted by molar-refractivity contribution is 7.15. The molecule has 0 saturated carbocycles. The van der Waals surface area contributed by atoms with E-state index in [1.165, 1.54) is 10.4 Å². The van der Waals surface area contributed by atoms with E-state index in [0.29, 0.717) is 5.89 Å². The molecule has 21 heavy (non-hydrogen) atoms. The van der Waals surface area contributed by atoms with E-state index < -0.39 is 0 Å². The molecule has 0 aliphatic carbocycles. The minimum absolute atomic E-state index is 0.201. The van der Waals surface area contributed by atoms with Crippen LogP contribution in [0.4, 0.5) is 0 Å². The van der Waals surface area contributed by atoms with Crippen molar-refractivity contribution in [3.63, 3.8) is 0 Å². The molecule has 5 nitrogen and oxygen atoms in total. The number of aryl methyl sites for hydroxylation is 2. The molecule has 0 radical (unpaired) electrons. The van der Waals surface area contributed by atoms with E-state index in [1.54, 1.807) is 11.3 Å². The molecule has 0 aromatic carbocycles. The van der Waals surface area contributed by atoms with Gasteiger partial charge in [-0.25, -0.2) is 0 Å². The Balaban J connectivity index is 1.82. The Kier molecular flexibility index (Phi) is 4.37. The van der Waals surface area contributed by atoms with Crippen molar-refractivity contribution in [2.75, 3.05) is 26.7 Å². The molecule has 2 aromatic heterocycles.